The van der Waals surface area contributed by atoms with Crippen LogP contribution in [-0.2, 0) is 6.42 Å². The molecule has 0 saturated heterocycles. The van der Waals surface area contributed by atoms with Gasteiger partial charge in [0, 0.05) is 10.8 Å². The lowest BCUT2D eigenvalue weighted by molar-refractivity contribution is 0.470. The molecular formula is C35H20N4O8S2. The zero-order valence-corrected chi connectivity index (χ0v) is 26.5. The first-order valence-corrected chi connectivity index (χ1v) is 16.3. The molecule has 6 aromatic heterocycles. The lowest BCUT2D eigenvalue weighted by Crippen LogP contribution is -2.04. The fourth-order valence-corrected chi connectivity index (χ4v) is 6.52. The maximum Gasteiger partial charge on any atom is 0.349 e. The van der Waals surface area contributed by atoms with Crippen molar-refractivity contribution in [3.63, 3.8) is 0 Å². The van der Waals surface area contributed by atoms with Gasteiger partial charge in [-0.25, -0.2) is 29.5 Å². The molecule has 14 heteroatoms. The quantitative estimate of drug-likeness (QED) is 0.118. The molecule has 0 aliphatic rings. The van der Waals surface area contributed by atoms with E-state index in [1.165, 1.54) is 47.6 Å². The number of benzene rings is 2. The van der Waals surface area contributed by atoms with E-state index in [2.05, 4.69) is 20.0 Å². The molecule has 0 bridgehead atoms. The number of aliphatic imine (C=N–C) groups is 2. The van der Waals surface area contributed by atoms with Crippen molar-refractivity contribution in [2.75, 3.05) is 0 Å². The van der Waals surface area contributed by atoms with Gasteiger partial charge in [-0.05, 0) is 66.1 Å². The van der Waals surface area contributed by atoms with Crippen molar-refractivity contribution >= 4 is 67.3 Å². The summed E-state index contributed by atoms with van der Waals surface area (Å²) in [5.41, 5.74) is 0.819. The van der Waals surface area contributed by atoms with Gasteiger partial charge < -0.3 is 27.9 Å². The Morgan fingerprint density at radius 2 is 1.14 bits per heavy atom. The number of hydrogen-bond acceptors (Lipinski definition) is 14. The summed E-state index contributed by atoms with van der Waals surface area (Å²) in [5, 5.41) is 27.1. The van der Waals surface area contributed by atoms with Crippen molar-refractivity contribution in [1.29, 1.82) is 0 Å². The van der Waals surface area contributed by atoms with Crippen LogP contribution >= 0.6 is 22.7 Å². The average Bonchev–Trinajstić information content (AvgIpc) is 3.93. The third kappa shape index (κ3) is 5.86. The van der Waals surface area contributed by atoms with Crippen LogP contribution in [0.1, 0.15) is 22.6 Å². The standard InChI is InChI=1S/C35H20N4O8S2/c40-30-22-12-18(5-7-26(22)46-32(42)28(30)24-16-48-34(38-24)36-14-20-3-1-9-44-20)11-19-6-8-27-23(13-19)31(41)29(33(43)47-27)25-17-49-35(39-25)37-15-21-4-2-10-45-21/h1-10,12-17,40-41H,11H2/b36-14+,37-15+. The largest absolute Gasteiger partial charge is 0.506 e. The summed E-state index contributed by atoms with van der Waals surface area (Å²) in [5.74, 6) is 0.563. The number of fused-ring (bicyclic) bond motifs is 2. The molecule has 6 heterocycles. The van der Waals surface area contributed by atoms with Crippen molar-refractivity contribution in [2.45, 2.75) is 6.42 Å². The monoisotopic (exact) mass is 688 g/mol. The van der Waals surface area contributed by atoms with E-state index >= 15 is 0 Å². The first kappa shape index (κ1) is 30.0. The minimum absolute atomic E-state index is 0.0737. The van der Waals surface area contributed by atoms with E-state index in [1.54, 1.807) is 71.4 Å². The molecule has 8 rings (SSSR count). The van der Waals surface area contributed by atoms with Crippen LogP contribution in [0.3, 0.4) is 0 Å². The van der Waals surface area contributed by atoms with Crippen LogP contribution in [0, 0.1) is 0 Å². The second-order valence-corrected chi connectivity index (χ2v) is 12.3. The SMILES string of the molecule is O=c1oc2ccc(Cc3ccc4oc(=O)c(-c5csc(/N=C/c6ccco6)n5)c(O)c4c3)cc2c(O)c1-c1csc(/N=C/c2ccco2)n1. The predicted octanol–water partition coefficient (Wildman–Crippen LogP) is 7.84. The number of hydrogen-bond donors (Lipinski definition) is 2. The summed E-state index contributed by atoms with van der Waals surface area (Å²) < 4.78 is 21.6. The van der Waals surface area contributed by atoms with Crippen molar-refractivity contribution in [3.8, 4) is 34.0 Å². The number of nitrogens with zero attached hydrogens (tertiary/aromatic N) is 4. The van der Waals surface area contributed by atoms with Gasteiger partial charge in [-0.3, -0.25) is 0 Å². The normalized spacial score (nSPS) is 11.9. The predicted molar refractivity (Wildman–Crippen MR) is 185 cm³/mol. The maximum absolute atomic E-state index is 12.9. The molecule has 240 valence electrons. The van der Waals surface area contributed by atoms with Crippen LogP contribution in [0.15, 0.2) is 121 Å². The molecule has 0 spiro atoms. The van der Waals surface area contributed by atoms with Gasteiger partial charge in [-0.15, -0.1) is 22.7 Å². The molecule has 0 atom stereocenters. The molecule has 0 fully saturated rings. The highest BCUT2D eigenvalue weighted by atomic mass is 32.1. The highest BCUT2D eigenvalue weighted by Crippen LogP contribution is 2.38. The zero-order chi connectivity index (χ0) is 33.5. The first-order valence-electron chi connectivity index (χ1n) is 14.5. The van der Waals surface area contributed by atoms with Crippen LogP contribution < -0.4 is 11.3 Å². The molecule has 8 aromatic rings. The molecule has 49 heavy (non-hydrogen) atoms. The van der Waals surface area contributed by atoms with Gasteiger partial charge in [-0.2, -0.15) is 0 Å². The van der Waals surface area contributed by atoms with Crippen LogP contribution in [0.2, 0.25) is 0 Å². The van der Waals surface area contributed by atoms with Crippen molar-refractivity contribution in [3.05, 3.63) is 127 Å². The van der Waals surface area contributed by atoms with E-state index in [9.17, 15) is 19.8 Å². The highest BCUT2D eigenvalue weighted by Gasteiger charge is 2.21. The van der Waals surface area contributed by atoms with Crippen LogP contribution in [0.5, 0.6) is 11.5 Å². The number of aromatic hydroxyl groups is 2. The minimum Gasteiger partial charge on any atom is -0.506 e. The van der Waals surface area contributed by atoms with Crippen molar-refractivity contribution < 1.29 is 27.9 Å². The van der Waals surface area contributed by atoms with Gasteiger partial charge in [0.2, 0.25) is 10.3 Å². The molecule has 2 N–H and O–H groups in total. The van der Waals surface area contributed by atoms with E-state index in [-0.39, 0.29) is 45.2 Å². The van der Waals surface area contributed by atoms with Crippen LogP contribution in [-0.4, -0.2) is 32.6 Å². The molecule has 0 aliphatic heterocycles. The van der Waals surface area contributed by atoms with E-state index in [0.29, 0.717) is 39.0 Å². The van der Waals surface area contributed by atoms with Gasteiger partial charge in [0.1, 0.15) is 45.3 Å². The molecule has 12 nitrogen and oxygen atoms in total. The Morgan fingerprint density at radius 3 is 1.57 bits per heavy atom. The minimum atomic E-state index is -0.733. The number of rotatable bonds is 8. The second kappa shape index (κ2) is 12.3. The highest BCUT2D eigenvalue weighted by molar-refractivity contribution is 7.14. The van der Waals surface area contributed by atoms with Gasteiger partial charge in [0.15, 0.2) is 0 Å². The maximum atomic E-state index is 12.9. The van der Waals surface area contributed by atoms with E-state index in [4.69, 9.17) is 17.7 Å². The summed E-state index contributed by atoms with van der Waals surface area (Å²) in [6, 6.07) is 17.2. The molecule has 0 radical (unpaired) electrons. The first-order chi connectivity index (χ1) is 23.9. The molecule has 0 aliphatic carbocycles. The van der Waals surface area contributed by atoms with Crippen LogP contribution in [0.4, 0.5) is 10.3 Å². The summed E-state index contributed by atoms with van der Waals surface area (Å²) in [7, 11) is 0. The fraction of sp³-hybridized carbons (Fsp3) is 0.0286. The summed E-state index contributed by atoms with van der Waals surface area (Å²) in [4.78, 5) is 43.1. The number of aromatic nitrogens is 2. The Hall–Kier alpha value is -6.38. The Kier molecular flexibility index (Phi) is 7.55. The third-order valence-corrected chi connectivity index (χ3v) is 8.98. The molecular weight excluding hydrogens is 669 g/mol. The molecule has 0 saturated carbocycles. The van der Waals surface area contributed by atoms with E-state index in [0.717, 1.165) is 11.1 Å². The Labute approximate surface area is 282 Å². The van der Waals surface area contributed by atoms with Gasteiger partial charge in [-0.1, -0.05) is 12.1 Å². The fourth-order valence-electron chi connectivity index (χ4n) is 5.22. The lowest BCUT2D eigenvalue weighted by Gasteiger charge is -2.09. The summed E-state index contributed by atoms with van der Waals surface area (Å²) in [6.45, 7) is 0. The van der Waals surface area contributed by atoms with Gasteiger partial charge >= 0.3 is 11.3 Å². The Bertz CT molecular complexity index is 2480. The Morgan fingerprint density at radius 1 is 0.673 bits per heavy atom. The smallest absolute Gasteiger partial charge is 0.349 e. The lowest BCUT2D eigenvalue weighted by atomic mass is 10.00. The Balaban J connectivity index is 1.09. The van der Waals surface area contributed by atoms with E-state index in [1.807, 2.05) is 0 Å². The zero-order valence-electron chi connectivity index (χ0n) is 24.9. The van der Waals surface area contributed by atoms with Gasteiger partial charge in [0.25, 0.3) is 0 Å². The van der Waals surface area contributed by atoms with Crippen molar-refractivity contribution in [2.24, 2.45) is 9.98 Å². The van der Waals surface area contributed by atoms with Crippen molar-refractivity contribution in [1.82, 2.24) is 9.97 Å². The molecule has 0 unspecified atom stereocenters. The van der Waals surface area contributed by atoms with E-state index < -0.39 is 11.3 Å². The van der Waals surface area contributed by atoms with Crippen LogP contribution in [0.25, 0.3) is 44.5 Å². The average molecular weight is 689 g/mol. The number of thiazole rings is 2. The van der Waals surface area contributed by atoms with Gasteiger partial charge in [0.05, 0.1) is 47.1 Å². The second-order valence-electron chi connectivity index (χ2n) is 10.6. The molecule has 0 amide bonds. The number of furan rings is 2. The topological polar surface area (TPSA) is 178 Å². The summed E-state index contributed by atoms with van der Waals surface area (Å²) in [6.07, 6.45) is 6.45. The molecule has 2 aromatic carbocycles. The third-order valence-electron chi connectivity index (χ3n) is 7.48. The summed E-state index contributed by atoms with van der Waals surface area (Å²) >= 11 is 2.39.